The number of hydrogen-bond donors (Lipinski definition) is 1. The molecule has 0 bridgehead atoms. The van der Waals surface area contributed by atoms with Crippen molar-refractivity contribution in [3.05, 3.63) is 29.6 Å². The van der Waals surface area contributed by atoms with E-state index in [1.807, 2.05) is 17.9 Å². The van der Waals surface area contributed by atoms with Gasteiger partial charge < -0.3 is 10.2 Å². The quantitative estimate of drug-likeness (QED) is 0.844. The Morgan fingerprint density at radius 3 is 2.81 bits per heavy atom. The Hall–Kier alpha value is -1.14. The minimum absolute atomic E-state index is 0.123. The highest BCUT2D eigenvalue weighted by molar-refractivity contribution is 7.91. The molecule has 1 N–H and O–H groups in total. The van der Waals surface area contributed by atoms with Crippen LogP contribution < -0.4 is 10.2 Å². The zero-order chi connectivity index (χ0) is 15.5. The van der Waals surface area contributed by atoms with Gasteiger partial charge in [-0.1, -0.05) is 6.92 Å². The maximum Gasteiger partial charge on any atom is 0.154 e. The number of benzene rings is 1. The van der Waals surface area contributed by atoms with Crippen LogP contribution in [0.1, 0.15) is 25.8 Å². The second-order valence-electron chi connectivity index (χ2n) is 5.65. The van der Waals surface area contributed by atoms with Crippen LogP contribution in [0.4, 0.5) is 10.1 Å². The molecule has 0 spiro atoms. The van der Waals surface area contributed by atoms with Gasteiger partial charge in [0.1, 0.15) is 5.82 Å². The van der Waals surface area contributed by atoms with E-state index in [-0.39, 0.29) is 23.4 Å². The average molecular weight is 314 g/mol. The van der Waals surface area contributed by atoms with E-state index in [9.17, 15) is 12.8 Å². The van der Waals surface area contributed by atoms with Crippen molar-refractivity contribution in [2.45, 2.75) is 32.9 Å². The van der Waals surface area contributed by atoms with E-state index in [0.29, 0.717) is 13.1 Å². The normalized spacial score (nSPS) is 21.5. The molecule has 1 fully saturated rings. The maximum atomic E-state index is 13.8. The third-order valence-corrected chi connectivity index (χ3v) is 5.50. The third kappa shape index (κ3) is 4.41. The lowest BCUT2D eigenvalue weighted by molar-refractivity contribution is 0.567. The van der Waals surface area contributed by atoms with Crippen LogP contribution in [0, 0.1) is 5.82 Å². The van der Waals surface area contributed by atoms with Gasteiger partial charge in [-0.3, -0.25) is 0 Å². The fraction of sp³-hybridized carbons (Fsp3) is 0.600. The Morgan fingerprint density at radius 2 is 2.14 bits per heavy atom. The van der Waals surface area contributed by atoms with E-state index < -0.39 is 9.84 Å². The minimum atomic E-state index is -2.96. The number of hydrogen-bond acceptors (Lipinski definition) is 4. The molecular formula is C15H23FN2O2S. The average Bonchev–Trinajstić information content (AvgIpc) is 2.37. The Balaban J connectivity index is 2.15. The summed E-state index contributed by atoms with van der Waals surface area (Å²) in [7, 11) is -2.96. The van der Waals surface area contributed by atoms with Crippen molar-refractivity contribution in [3.63, 3.8) is 0 Å². The largest absolute Gasteiger partial charge is 0.367 e. The molecule has 1 saturated heterocycles. The minimum Gasteiger partial charge on any atom is -0.367 e. The summed E-state index contributed by atoms with van der Waals surface area (Å²) >= 11 is 0. The van der Waals surface area contributed by atoms with E-state index >= 15 is 0 Å². The van der Waals surface area contributed by atoms with E-state index in [4.69, 9.17) is 0 Å². The second-order valence-corrected chi connectivity index (χ2v) is 7.88. The molecule has 1 aliphatic heterocycles. The second kappa shape index (κ2) is 6.75. The van der Waals surface area contributed by atoms with Crippen LogP contribution >= 0.6 is 0 Å². The van der Waals surface area contributed by atoms with Crippen molar-refractivity contribution in [1.82, 2.24) is 5.32 Å². The molecule has 1 aliphatic rings. The van der Waals surface area contributed by atoms with Crippen LogP contribution in [-0.4, -0.2) is 39.1 Å². The topological polar surface area (TPSA) is 49.4 Å². The number of halogens is 1. The van der Waals surface area contributed by atoms with Gasteiger partial charge in [-0.15, -0.1) is 0 Å². The molecule has 6 heteroatoms. The summed E-state index contributed by atoms with van der Waals surface area (Å²) < 4.78 is 37.1. The smallest absolute Gasteiger partial charge is 0.154 e. The van der Waals surface area contributed by atoms with Crippen LogP contribution in [0.15, 0.2) is 18.2 Å². The van der Waals surface area contributed by atoms with Crippen molar-refractivity contribution in [1.29, 1.82) is 0 Å². The first kappa shape index (κ1) is 16.2. The first-order valence-corrected chi connectivity index (χ1v) is 9.20. The zero-order valence-electron chi connectivity index (χ0n) is 12.6. The lowest BCUT2D eigenvalue weighted by atomic mass is 10.1. The summed E-state index contributed by atoms with van der Waals surface area (Å²) in [5.74, 6) is -0.00840. The molecule has 1 unspecified atom stereocenters. The van der Waals surface area contributed by atoms with E-state index in [1.54, 1.807) is 0 Å². The van der Waals surface area contributed by atoms with Crippen LogP contribution in [0.5, 0.6) is 0 Å². The van der Waals surface area contributed by atoms with E-state index in [1.165, 1.54) is 12.1 Å². The molecule has 21 heavy (non-hydrogen) atoms. The predicted molar refractivity (Wildman–Crippen MR) is 83.9 cm³/mol. The highest BCUT2D eigenvalue weighted by Crippen LogP contribution is 2.24. The van der Waals surface area contributed by atoms with Gasteiger partial charge in [0, 0.05) is 24.8 Å². The number of nitrogens with zero attached hydrogens (tertiary/aromatic N) is 1. The van der Waals surface area contributed by atoms with Crippen molar-refractivity contribution < 1.29 is 12.8 Å². The van der Waals surface area contributed by atoms with Gasteiger partial charge in [-0.2, -0.15) is 0 Å². The van der Waals surface area contributed by atoms with Crippen molar-refractivity contribution in [2.24, 2.45) is 0 Å². The molecule has 1 atom stereocenters. The van der Waals surface area contributed by atoms with Gasteiger partial charge in [-0.25, -0.2) is 12.8 Å². The number of rotatable bonds is 5. The van der Waals surface area contributed by atoms with Gasteiger partial charge >= 0.3 is 0 Å². The van der Waals surface area contributed by atoms with Gasteiger partial charge in [-0.05, 0) is 43.7 Å². The monoisotopic (exact) mass is 314 g/mol. The number of nitrogens with one attached hydrogen (secondary N) is 1. The van der Waals surface area contributed by atoms with Crippen LogP contribution in [0.2, 0.25) is 0 Å². The maximum absolute atomic E-state index is 13.8. The number of sulfone groups is 1. The van der Waals surface area contributed by atoms with Crippen LogP contribution in [-0.2, 0) is 16.4 Å². The molecule has 4 nitrogen and oxygen atoms in total. The van der Waals surface area contributed by atoms with Gasteiger partial charge in [0.25, 0.3) is 0 Å². The summed E-state index contributed by atoms with van der Waals surface area (Å²) in [5.41, 5.74) is 1.66. The Labute approximate surface area is 126 Å². The van der Waals surface area contributed by atoms with Gasteiger partial charge in [0.05, 0.1) is 11.5 Å². The standard InChI is InChI=1S/C15H23FN2O2S/c1-3-4-17-10-13-7-14(16)9-15(8-13)18-5-6-21(19,20)11-12(18)2/h7-9,12,17H,3-6,10-11H2,1-2H3. The van der Waals surface area contributed by atoms with Crippen LogP contribution in [0.3, 0.4) is 0 Å². The molecule has 1 heterocycles. The van der Waals surface area contributed by atoms with Crippen molar-refractivity contribution in [2.75, 3.05) is 29.5 Å². The van der Waals surface area contributed by atoms with Gasteiger partial charge in [0.15, 0.2) is 9.84 Å². The molecule has 118 valence electrons. The van der Waals surface area contributed by atoms with E-state index in [0.717, 1.165) is 24.2 Å². The van der Waals surface area contributed by atoms with Crippen LogP contribution in [0.25, 0.3) is 0 Å². The molecule has 0 saturated carbocycles. The molecule has 0 amide bonds. The molecule has 2 rings (SSSR count). The zero-order valence-corrected chi connectivity index (χ0v) is 13.4. The molecule has 0 aromatic heterocycles. The first-order valence-electron chi connectivity index (χ1n) is 7.38. The fourth-order valence-electron chi connectivity index (χ4n) is 2.69. The Morgan fingerprint density at radius 1 is 1.38 bits per heavy atom. The van der Waals surface area contributed by atoms with Crippen molar-refractivity contribution in [3.8, 4) is 0 Å². The number of anilines is 1. The molecule has 0 aliphatic carbocycles. The highest BCUT2D eigenvalue weighted by Gasteiger charge is 2.28. The molecule has 0 radical (unpaired) electrons. The summed E-state index contributed by atoms with van der Waals surface area (Å²) in [6.07, 6.45) is 1.03. The SMILES string of the molecule is CCCNCc1cc(F)cc(N2CCS(=O)(=O)CC2C)c1. The van der Waals surface area contributed by atoms with Gasteiger partial charge in [0.2, 0.25) is 0 Å². The summed E-state index contributed by atoms with van der Waals surface area (Å²) in [6.45, 7) is 5.90. The summed E-state index contributed by atoms with van der Waals surface area (Å²) in [5, 5.41) is 3.25. The third-order valence-electron chi connectivity index (χ3n) is 3.70. The molecule has 1 aromatic carbocycles. The Bertz CT molecular complexity index is 589. The summed E-state index contributed by atoms with van der Waals surface area (Å²) in [4.78, 5) is 1.98. The lowest BCUT2D eigenvalue weighted by Gasteiger charge is -2.35. The Kier molecular flexibility index (Phi) is 5.22. The predicted octanol–water partition coefficient (Wildman–Crippen LogP) is 1.95. The summed E-state index contributed by atoms with van der Waals surface area (Å²) in [6, 6.07) is 4.83. The first-order chi connectivity index (χ1) is 9.91. The fourth-order valence-corrected chi connectivity index (χ4v) is 4.25. The molecular weight excluding hydrogens is 291 g/mol. The van der Waals surface area contributed by atoms with E-state index in [2.05, 4.69) is 12.2 Å². The molecule has 1 aromatic rings. The lowest BCUT2D eigenvalue weighted by Crippen LogP contribution is -2.47. The highest BCUT2D eigenvalue weighted by atomic mass is 32.2. The van der Waals surface area contributed by atoms with Crippen molar-refractivity contribution >= 4 is 15.5 Å².